The lowest BCUT2D eigenvalue weighted by Crippen LogP contribution is -2.04. The molecule has 4 nitrogen and oxygen atoms in total. The Bertz CT molecular complexity index is 305. The van der Waals surface area contributed by atoms with Gasteiger partial charge in [0.15, 0.2) is 0 Å². The lowest BCUT2D eigenvalue weighted by atomic mass is 10.1. The number of thiol groups is 2. The lowest BCUT2D eigenvalue weighted by Gasteiger charge is -2.01. The van der Waals surface area contributed by atoms with E-state index in [1.165, 1.54) is 0 Å². The maximum Gasteiger partial charge on any atom is 0.326 e. The SMILES string of the molecule is O=C(O)C(S)S.OCc1ccccc1CO. The summed E-state index contributed by atoms with van der Waals surface area (Å²) in [4.78, 5) is 9.55. The molecule has 0 aliphatic carbocycles. The van der Waals surface area contributed by atoms with Crippen LogP contribution in [-0.4, -0.2) is 25.9 Å². The number of carboxylic acid groups (broad SMARTS) is 1. The summed E-state index contributed by atoms with van der Waals surface area (Å²) < 4.78 is -0.843. The minimum Gasteiger partial charge on any atom is -0.480 e. The topological polar surface area (TPSA) is 77.8 Å². The molecule has 6 heteroatoms. The van der Waals surface area contributed by atoms with Crippen molar-refractivity contribution in [3.05, 3.63) is 35.4 Å². The van der Waals surface area contributed by atoms with Crippen molar-refractivity contribution in [2.45, 2.75) is 17.8 Å². The van der Waals surface area contributed by atoms with Crippen LogP contribution < -0.4 is 0 Å². The highest BCUT2D eigenvalue weighted by molar-refractivity contribution is 8.00. The first kappa shape index (κ1) is 15.3. The van der Waals surface area contributed by atoms with Gasteiger partial charge in [0, 0.05) is 0 Å². The second-order valence-corrected chi connectivity index (χ2v) is 4.24. The van der Waals surface area contributed by atoms with Crippen molar-refractivity contribution in [3.63, 3.8) is 0 Å². The summed E-state index contributed by atoms with van der Waals surface area (Å²) in [5, 5.41) is 25.3. The van der Waals surface area contributed by atoms with Gasteiger partial charge in [-0.05, 0) is 11.1 Å². The highest BCUT2D eigenvalue weighted by Crippen LogP contribution is 2.07. The van der Waals surface area contributed by atoms with Crippen LogP contribution in [0.4, 0.5) is 0 Å². The zero-order valence-electron chi connectivity index (χ0n) is 8.45. The summed E-state index contributed by atoms with van der Waals surface area (Å²) in [5.74, 6) is -1.01. The Morgan fingerprint density at radius 1 is 1.12 bits per heavy atom. The molecule has 0 fully saturated rings. The summed E-state index contributed by atoms with van der Waals surface area (Å²) in [5.41, 5.74) is 1.59. The van der Waals surface area contributed by atoms with Crippen LogP contribution in [0.2, 0.25) is 0 Å². The van der Waals surface area contributed by atoms with Crippen LogP contribution in [0.15, 0.2) is 24.3 Å². The van der Waals surface area contributed by atoms with Gasteiger partial charge in [0.2, 0.25) is 0 Å². The van der Waals surface area contributed by atoms with E-state index in [9.17, 15) is 4.79 Å². The number of aliphatic carboxylic acids is 1. The van der Waals surface area contributed by atoms with Gasteiger partial charge in [0.1, 0.15) is 4.58 Å². The fourth-order valence-corrected chi connectivity index (χ4v) is 0.866. The quantitative estimate of drug-likeness (QED) is 0.415. The zero-order valence-corrected chi connectivity index (χ0v) is 10.2. The summed E-state index contributed by atoms with van der Waals surface area (Å²) in [6, 6.07) is 7.27. The Hall–Kier alpha value is -0.690. The van der Waals surface area contributed by atoms with Crippen molar-refractivity contribution in [2.75, 3.05) is 0 Å². The Labute approximate surface area is 105 Å². The maximum atomic E-state index is 9.55. The van der Waals surface area contributed by atoms with Gasteiger partial charge in [-0.1, -0.05) is 24.3 Å². The van der Waals surface area contributed by atoms with Crippen molar-refractivity contribution < 1.29 is 20.1 Å². The molecule has 0 aliphatic heterocycles. The van der Waals surface area contributed by atoms with Crippen LogP contribution in [0.25, 0.3) is 0 Å². The van der Waals surface area contributed by atoms with Crippen molar-refractivity contribution in [2.24, 2.45) is 0 Å². The molecule has 1 rings (SSSR count). The molecule has 0 atom stereocenters. The third kappa shape index (κ3) is 6.02. The first-order valence-electron chi connectivity index (χ1n) is 4.40. The summed E-state index contributed by atoms with van der Waals surface area (Å²) in [7, 11) is 0. The predicted molar refractivity (Wildman–Crippen MR) is 67.7 cm³/mol. The number of carbonyl (C=O) groups is 1. The largest absolute Gasteiger partial charge is 0.480 e. The molecule has 0 saturated carbocycles. The number of benzene rings is 1. The van der Waals surface area contributed by atoms with Gasteiger partial charge in [0.05, 0.1) is 13.2 Å². The second-order valence-electron chi connectivity index (χ2n) is 2.80. The summed E-state index contributed by atoms with van der Waals surface area (Å²) in [6.45, 7) is -0.00648. The van der Waals surface area contributed by atoms with Crippen molar-refractivity contribution in [1.29, 1.82) is 0 Å². The fourth-order valence-electron chi connectivity index (χ4n) is 0.866. The minimum absolute atomic E-state index is 0.00324. The molecule has 0 unspecified atom stereocenters. The van der Waals surface area contributed by atoms with Crippen LogP contribution in [0.1, 0.15) is 11.1 Å². The number of aliphatic hydroxyl groups excluding tert-OH is 2. The Balaban J connectivity index is 0.000000325. The molecule has 0 spiro atoms. The normalized spacial score (nSPS) is 9.56. The van der Waals surface area contributed by atoms with Crippen molar-refractivity contribution in [3.8, 4) is 0 Å². The van der Waals surface area contributed by atoms with E-state index in [1.54, 1.807) is 12.1 Å². The molecule has 0 heterocycles. The number of carboxylic acids is 1. The van der Waals surface area contributed by atoms with Gasteiger partial charge in [0.25, 0.3) is 0 Å². The van der Waals surface area contributed by atoms with Gasteiger partial charge < -0.3 is 15.3 Å². The Morgan fingerprint density at radius 2 is 1.44 bits per heavy atom. The lowest BCUT2D eigenvalue weighted by molar-refractivity contribution is -0.134. The molecule has 0 bridgehead atoms. The molecule has 3 N–H and O–H groups in total. The average Bonchev–Trinajstić information content (AvgIpc) is 2.29. The van der Waals surface area contributed by atoms with Crippen LogP contribution in [0, 0.1) is 0 Å². The number of aliphatic hydroxyl groups is 2. The highest BCUT2D eigenvalue weighted by atomic mass is 32.2. The number of rotatable bonds is 3. The molecule has 1 aromatic rings. The van der Waals surface area contributed by atoms with E-state index in [4.69, 9.17) is 15.3 Å². The molecule has 1 aromatic carbocycles. The summed E-state index contributed by atoms with van der Waals surface area (Å²) >= 11 is 6.92. The van der Waals surface area contributed by atoms with E-state index in [0.717, 1.165) is 11.1 Å². The first-order chi connectivity index (χ1) is 7.52. The maximum absolute atomic E-state index is 9.55. The van der Waals surface area contributed by atoms with Crippen LogP contribution in [0.3, 0.4) is 0 Å². The van der Waals surface area contributed by atoms with Crippen LogP contribution in [-0.2, 0) is 18.0 Å². The zero-order chi connectivity index (χ0) is 12.6. The third-order valence-corrected chi connectivity index (χ3v) is 2.12. The van der Waals surface area contributed by atoms with Crippen molar-refractivity contribution in [1.82, 2.24) is 0 Å². The highest BCUT2D eigenvalue weighted by Gasteiger charge is 2.01. The van der Waals surface area contributed by atoms with Gasteiger partial charge in [-0.15, -0.1) is 0 Å². The predicted octanol–water partition coefficient (Wildman–Crippen LogP) is 0.928. The minimum atomic E-state index is -1.01. The standard InChI is InChI=1S/C8H10O2.C2H4O2S2/c9-5-7-3-1-2-4-8(7)6-10;3-1(4)2(5)6/h1-4,9-10H,5-6H2;2,5-6H,(H,3,4). The molecular formula is C10H14O4S2. The van der Waals surface area contributed by atoms with E-state index >= 15 is 0 Å². The van der Waals surface area contributed by atoms with Gasteiger partial charge in [-0.3, -0.25) is 4.79 Å². The second kappa shape index (κ2) is 8.46. The fraction of sp³-hybridized carbons (Fsp3) is 0.300. The molecule has 0 radical (unpaired) electrons. The smallest absolute Gasteiger partial charge is 0.326 e. The number of hydrogen-bond acceptors (Lipinski definition) is 5. The van der Waals surface area contributed by atoms with Gasteiger partial charge >= 0.3 is 5.97 Å². The van der Waals surface area contributed by atoms with Gasteiger partial charge in [-0.25, -0.2) is 0 Å². The molecule has 0 amide bonds. The molecule has 0 saturated heterocycles. The average molecular weight is 262 g/mol. The molecule has 16 heavy (non-hydrogen) atoms. The van der Waals surface area contributed by atoms with E-state index < -0.39 is 10.6 Å². The third-order valence-electron chi connectivity index (χ3n) is 1.68. The Kier molecular flexibility index (Phi) is 8.10. The monoisotopic (exact) mass is 262 g/mol. The van der Waals surface area contributed by atoms with Gasteiger partial charge in [-0.2, -0.15) is 25.3 Å². The molecule has 0 aliphatic rings. The first-order valence-corrected chi connectivity index (χ1v) is 5.43. The van der Waals surface area contributed by atoms with Crippen LogP contribution in [0.5, 0.6) is 0 Å². The Morgan fingerprint density at radius 3 is 1.62 bits per heavy atom. The number of hydrogen-bond donors (Lipinski definition) is 5. The van der Waals surface area contributed by atoms with E-state index in [-0.39, 0.29) is 13.2 Å². The van der Waals surface area contributed by atoms with E-state index in [1.807, 2.05) is 12.1 Å². The van der Waals surface area contributed by atoms with Crippen molar-refractivity contribution >= 4 is 31.2 Å². The van der Waals surface area contributed by atoms with Crippen LogP contribution >= 0.6 is 25.3 Å². The summed E-state index contributed by atoms with van der Waals surface area (Å²) in [6.07, 6.45) is 0. The molecule has 90 valence electrons. The molecular weight excluding hydrogens is 248 g/mol. The van der Waals surface area contributed by atoms with E-state index in [2.05, 4.69) is 25.3 Å². The molecule has 0 aromatic heterocycles. The van der Waals surface area contributed by atoms with E-state index in [0.29, 0.717) is 0 Å².